The summed E-state index contributed by atoms with van der Waals surface area (Å²) in [6.07, 6.45) is 0. The number of benzene rings is 1. The predicted molar refractivity (Wildman–Crippen MR) is 75.9 cm³/mol. The lowest BCUT2D eigenvalue weighted by Gasteiger charge is -2.15. The summed E-state index contributed by atoms with van der Waals surface area (Å²) in [5.41, 5.74) is -0.216. The average Bonchev–Trinajstić information content (AvgIpc) is 2.40. The Kier molecular flexibility index (Phi) is 6.05. The second kappa shape index (κ2) is 7.14. The number of nitrogens with zero attached hydrogens (tertiary/aromatic N) is 1. The van der Waals surface area contributed by atoms with E-state index in [0.717, 1.165) is 12.1 Å². The Bertz CT molecular complexity index is 634. The van der Waals surface area contributed by atoms with E-state index in [0.29, 0.717) is 0 Å². The van der Waals surface area contributed by atoms with Crippen LogP contribution >= 0.6 is 11.6 Å². The highest BCUT2D eigenvalue weighted by atomic mass is 35.5. The van der Waals surface area contributed by atoms with Gasteiger partial charge in [0.1, 0.15) is 0 Å². The Hall–Kier alpha value is -1.26. The highest BCUT2D eigenvalue weighted by Crippen LogP contribution is 2.29. The first-order valence-corrected chi connectivity index (χ1v) is 7.65. The molecular weight excluding hydrogens is 324 g/mol. The number of hydrogen-bond acceptors (Lipinski definition) is 6. The van der Waals surface area contributed by atoms with Crippen LogP contribution < -0.4 is 4.72 Å². The Labute approximate surface area is 126 Å². The first kappa shape index (κ1) is 17.8. The molecule has 1 rings (SSSR count). The Balaban J connectivity index is 3.23. The van der Waals surface area contributed by atoms with Crippen molar-refractivity contribution < 1.29 is 23.2 Å². The van der Waals surface area contributed by atoms with Crippen LogP contribution in [-0.4, -0.2) is 44.8 Å². The van der Waals surface area contributed by atoms with E-state index in [1.807, 2.05) is 0 Å². The van der Waals surface area contributed by atoms with Crippen molar-refractivity contribution in [2.24, 2.45) is 0 Å². The van der Waals surface area contributed by atoms with E-state index in [9.17, 15) is 18.5 Å². The minimum absolute atomic E-state index is 0.0307. The molecule has 0 spiro atoms. The van der Waals surface area contributed by atoms with Gasteiger partial charge in [-0.3, -0.25) is 10.1 Å². The molecule has 0 radical (unpaired) electrons. The van der Waals surface area contributed by atoms with E-state index in [-0.39, 0.29) is 22.1 Å². The van der Waals surface area contributed by atoms with Crippen LogP contribution in [0.4, 0.5) is 5.69 Å². The molecule has 1 aromatic rings. The molecule has 0 saturated carbocycles. The van der Waals surface area contributed by atoms with Crippen molar-refractivity contribution in [1.29, 1.82) is 0 Å². The van der Waals surface area contributed by atoms with Crippen molar-refractivity contribution in [2.45, 2.75) is 17.9 Å². The molecule has 1 atom stereocenters. The van der Waals surface area contributed by atoms with Crippen LogP contribution in [0.15, 0.2) is 17.0 Å². The maximum absolute atomic E-state index is 12.2. The van der Waals surface area contributed by atoms with Crippen molar-refractivity contribution in [3.63, 3.8) is 0 Å². The third-order valence-electron chi connectivity index (χ3n) is 2.71. The van der Waals surface area contributed by atoms with Gasteiger partial charge in [0.25, 0.3) is 5.69 Å². The maximum Gasteiger partial charge on any atom is 0.275 e. The number of methoxy groups -OCH3 is 1. The summed E-state index contributed by atoms with van der Waals surface area (Å²) in [6, 6.07) is 1.18. The molecule has 1 aromatic carbocycles. The van der Waals surface area contributed by atoms with Gasteiger partial charge in [0.2, 0.25) is 10.0 Å². The molecule has 2 N–H and O–H groups in total. The lowest BCUT2D eigenvalue weighted by Crippen LogP contribution is -2.40. The van der Waals surface area contributed by atoms with Crippen LogP contribution in [-0.2, 0) is 14.8 Å². The number of ether oxygens (including phenoxy) is 1. The number of aliphatic hydroxyl groups excluding tert-OH is 1. The summed E-state index contributed by atoms with van der Waals surface area (Å²) < 4.78 is 31.3. The largest absolute Gasteiger partial charge is 0.395 e. The number of aliphatic hydroxyl groups is 1. The number of rotatable bonds is 7. The van der Waals surface area contributed by atoms with Crippen LogP contribution in [0, 0.1) is 17.0 Å². The predicted octanol–water partition coefficient (Wildman–Crippen LogP) is 0.842. The van der Waals surface area contributed by atoms with Crippen LogP contribution in [0.25, 0.3) is 0 Å². The van der Waals surface area contributed by atoms with Crippen molar-refractivity contribution in [2.75, 3.05) is 20.3 Å². The summed E-state index contributed by atoms with van der Waals surface area (Å²) in [4.78, 5) is 9.85. The SMILES string of the molecule is COCC(CO)NS(=O)(=O)c1cc(Cl)c(C)c([N+](=O)[O-])c1. The van der Waals surface area contributed by atoms with Gasteiger partial charge in [0.05, 0.1) is 34.1 Å². The van der Waals surface area contributed by atoms with Gasteiger partial charge in [-0.15, -0.1) is 0 Å². The zero-order valence-electron chi connectivity index (χ0n) is 11.4. The normalized spacial score (nSPS) is 13.1. The molecule has 1 unspecified atom stereocenters. The third-order valence-corrected chi connectivity index (χ3v) is 4.60. The maximum atomic E-state index is 12.2. The minimum Gasteiger partial charge on any atom is -0.395 e. The minimum atomic E-state index is -4.07. The van der Waals surface area contributed by atoms with Gasteiger partial charge in [-0.2, -0.15) is 0 Å². The highest BCUT2D eigenvalue weighted by Gasteiger charge is 2.24. The molecule has 0 amide bonds. The second-order valence-corrected chi connectivity index (χ2v) is 6.38. The molecule has 0 aromatic heterocycles. The van der Waals surface area contributed by atoms with Crippen LogP contribution in [0.1, 0.15) is 5.56 Å². The molecule has 118 valence electrons. The summed E-state index contributed by atoms with van der Waals surface area (Å²) in [5, 5.41) is 19.9. The van der Waals surface area contributed by atoms with Crippen LogP contribution in [0.3, 0.4) is 0 Å². The number of halogens is 1. The molecule has 0 fully saturated rings. The monoisotopic (exact) mass is 338 g/mol. The van der Waals surface area contributed by atoms with E-state index < -0.39 is 33.3 Å². The zero-order chi connectivity index (χ0) is 16.2. The molecule has 0 aliphatic heterocycles. The molecule has 0 saturated heterocycles. The van der Waals surface area contributed by atoms with E-state index in [1.165, 1.54) is 14.0 Å². The number of hydrogen-bond donors (Lipinski definition) is 2. The van der Waals surface area contributed by atoms with Gasteiger partial charge in [-0.25, -0.2) is 13.1 Å². The number of sulfonamides is 1. The van der Waals surface area contributed by atoms with E-state index in [2.05, 4.69) is 4.72 Å². The Morgan fingerprint density at radius 3 is 2.62 bits per heavy atom. The lowest BCUT2D eigenvalue weighted by atomic mass is 10.2. The topological polar surface area (TPSA) is 119 Å². The zero-order valence-corrected chi connectivity index (χ0v) is 12.9. The summed E-state index contributed by atoms with van der Waals surface area (Å²) in [7, 11) is -2.72. The first-order valence-electron chi connectivity index (χ1n) is 5.79. The van der Waals surface area contributed by atoms with E-state index in [4.69, 9.17) is 21.4 Å². The smallest absolute Gasteiger partial charge is 0.275 e. The van der Waals surface area contributed by atoms with E-state index >= 15 is 0 Å². The standard InChI is InChI=1S/C11H15ClN2O6S/c1-7-10(12)3-9(4-11(7)14(16)17)21(18,19)13-8(5-15)6-20-2/h3-4,8,13,15H,5-6H2,1-2H3. The summed E-state index contributed by atoms with van der Waals surface area (Å²) in [6.45, 7) is 0.901. The Morgan fingerprint density at radius 2 is 2.14 bits per heavy atom. The molecular formula is C11H15ClN2O6S. The van der Waals surface area contributed by atoms with Crippen LogP contribution in [0.5, 0.6) is 0 Å². The van der Waals surface area contributed by atoms with Crippen molar-refractivity contribution in [1.82, 2.24) is 4.72 Å². The number of nitro benzene ring substituents is 1. The van der Waals surface area contributed by atoms with Crippen LogP contribution in [0.2, 0.25) is 5.02 Å². The third kappa shape index (κ3) is 4.35. The lowest BCUT2D eigenvalue weighted by molar-refractivity contribution is -0.385. The fourth-order valence-corrected chi connectivity index (χ4v) is 3.13. The molecule has 8 nitrogen and oxygen atoms in total. The number of nitrogens with one attached hydrogen (secondary N) is 1. The van der Waals surface area contributed by atoms with E-state index in [1.54, 1.807) is 0 Å². The summed E-state index contributed by atoms with van der Waals surface area (Å²) in [5.74, 6) is 0. The second-order valence-electron chi connectivity index (χ2n) is 4.26. The molecule has 0 bridgehead atoms. The fourth-order valence-electron chi connectivity index (χ4n) is 1.60. The van der Waals surface area contributed by atoms with Gasteiger partial charge in [0, 0.05) is 18.7 Å². The van der Waals surface area contributed by atoms with Gasteiger partial charge in [-0.1, -0.05) is 11.6 Å². The quantitative estimate of drug-likeness (QED) is 0.561. The first-order chi connectivity index (χ1) is 9.72. The Morgan fingerprint density at radius 1 is 1.52 bits per heavy atom. The van der Waals surface area contributed by atoms with Gasteiger partial charge < -0.3 is 9.84 Å². The average molecular weight is 339 g/mol. The molecule has 21 heavy (non-hydrogen) atoms. The molecule has 0 heterocycles. The molecule has 0 aliphatic rings. The van der Waals surface area contributed by atoms with Gasteiger partial charge in [-0.05, 0) is 13.0 Å². The summed E-state index contributed by atoms with van der Waals surface area (Å²) >= 11 is 5.83. The number of nitro groups is 1. The van der Waals surface area contributed by atoms with Gasteiger partial charge >= 0.3 is 0 Å². The van der Waals surface area contributed by atoms with Crippen molar-refractivity contribution >= 4 is 27.3 Å². The molecule has 0 aliphatic carbocycles. The fraction of sp³-hybridized carbons (Fsp3) is 0.455. The molecule has 10 heteroatoms. The van der Waals surface area contributed by atoms with Crippen molar-refractivity contribution in [3.05, 3.63) is 32.8 Å². The van der Waals surface area contributed by atoms with Gasteiger partial charge in [0.15, 0.2) is 0 Å². The highest BCUT2D eigenvalue weighted by molar-refractivity contribution is 7.89. The van der Waals surface area contributed by atoms with Crippen molar-refractivity contribution in [3.8, 4) is 0 Å².